The van der Waals surface area contributed by atoms with Crippen molar-refractivity contribution < 1.29 is 13.9 Å². The Morgan fingerprint density at radius 1 is 1.38 bits per heavy atom. The van der Waals surface area contributed by atoms with Gasteiger partial charge in [-0.25, -0.2) is 14.8 Å². The number of hydrogen-bond donors (Lipinski definition) is 0. The van der Waals surface area contributed by atoms with E-state index in [0.29, 0.717) is 18.1 Å². The summed E-state index contributed by atoms with van der Waals surface area (Å²) in [5, 5.41) is 0. The van der Waals surface area contributed by atoms with Gasteiger partial charge in [-0.15, -0.1) is 6.58 Å². The lowest BCUT2D eigenvalue weighted by Crippen LogP contribution is -2.11. The SMILES string of the molecule is C=CCC(C)c1cc(OCOCCS(C)(C)C)cc(=O)o1. The Bertz CT molecular complexity index is 502. The van der Waals surface area contributed by atoms with E-state index in [4.69, 9.17) is 13.9 Å². The summed E-state index contributed by atoms with van der Waals surface area (Å²) in [4.78, 5) is 11.5. The van der Waals surface area contributed by atoms with Crippen LogP contribution in [-0.4, -0.2) is 37.9 Å². The molecule has 0 saturated carbocycles. The fourth-order valence-corrected chi connectivity index (χ4v) is 2.26. The van der Waals surface area contributed by atoms with Crippen LogP contribution in [0.1, 0.15) is 25.0 Å². The van der Waals surface area contributed by atoms with Gasteiger partial charge in [0, 0.05) is 17.7 Å². The summed E-state index contributed by atoms with van der Waals surface area (Å²) in [6.45, 7) is 6.48. The van der Waals surface area contributed by atoms with Crippen LogP contribution in [0, 0.1) is 0 Å². The van der Waals surface area contributed by atoms with Crippen LogP contribution >= 0.6 is 10.0 Å². The van der Waals surface area contributed by atoms with Crippen LogP contribution < -0.4 is 10.4 Å². The van der Waals surface area contributed by atoms with Crippen molar-refractivity contribution in [3.8, 4) is 5.75 Å². The molecule has 4 nitrogen and oxygen atoms in total. The van der Waals surface area contributed by atoms with Gasteiger partial charge in [-0.1, -0.05) is 13.0 Å². The molecule has 0 bridgehead atoms. The molecule has 0 aromatic carbocycles. The zero-order valence-corrected chi connectivity index (χ0v) is 14.2. The van der Waals surface area contributed by atoms with Gasteiger partial charge in [-0.05, 0) is 25.2 Å². The lowest BCUT2D eigenvalue weighted by Gasteiger charge is -2.24. The standard InChI is InChI=1S/C16H26O4S/c1-6-7-13(2)15-10-14(11-16(17)20-15)19-12-18-8-9-21(3,4)5/h6,10-11,13H,1,7-9,12H2,2-5H3. The largest absolute Gasteiger partial charge is 0.467 e. The minimum Gasteiger partial charge on any atom is -0.467 e. The fourth-order valence-electron chi connectivity index (χ4n) is 1.64. The molecule has 1 aromatic rings. The summed E-state index contributed by atoms with van der Waals surface area (Å²) >= 11 is 0. The van der Waals surface area contributed by atoms with Crippen molar-refractivity contribution in [2.45, 2.75) is 19.3 Å². The van der Waals surface area contributed by atoms with E-state index < -0.39 is 15.7 Å². The Morgan fingerprint density at radius 2 is 2.10 bits per heavy atom. The van der Waals surface area contributed by atoms with E-state index in [-0.39, 0.29) is 12.7 Å². The number of rotatable bonds is 9. The second-order valence-electron chi connectivity index (χ2n) is 5.91. The molecule has 120 valence electrons. The minimum absolute atomic E-state index is 0.101. The molecule has 1 heterocycles. The third-order valence-corrected chi connectivity index (χ3v) is 4.31. The van der Waals surface area contributed by atoms with E-state index in [0.717, 1.165) is 12.2 Å². The van der Waals surface area contributed by atoms with E-state index >= 15 is 0 Å². The second kappa shape index (κ2) is 8.29. The van der Waals surface area contributed by atoms with Gasteiger partial charge >= 0.3 is 5.63 Å². The molecule has 0 aliphatic heterocycles. The highest BCUT2D eigenvalue weighted by atomic mass is 32.3. The molecule has 1 atom stereocenters. The maximum absolute atomic E-state index is 11.5. The Balaban J connectivity index is 2.52. The quantitative estimate of drug-likeness (QED) is 0.398. The van der Waals surface area contributed by atoms with Crippen LogP contribution in [-0.2, 0) is 4.74 Å². The first-order valence-corrected chi connectivity index (χ1v) is 9.97. The first kappa shape index (κ1) is 17.9. The first-order chi connectivity index (χ1) is 9.81. The predicted molar refractivity (Wildman–Crippen MR) is 89.9 cm³/mol. The zero-order valence-electron chi connectivity index (χ0n) is 13.4. The van der Waals surface area contributed by atoms with Crippen LogP contribution in [0.5, 0.6) is 5.75 Å². The van der Waals surface area contributed by atoms with Gasteiger partial charge in [0.2, 0.25) is 0 Å². The molecule has 0 amide bonds. The molecule has 0 radical (unpaired) electrons. The van der Waals surface area contributed by atoms with Crippen LogP contribution in [0.3, 0.4) is 0 Å². The Morgan fingerprint density at radius 3 is 2.71 bits per heavy atom. The monoisotopic (exact) mass is 314 g/mol. The molecule has 0 N–H and O–H groups in total. The van der Waals surface area contributed by atoms with E-state index in [9.17, 15) is 4.79 Å². The highest BCUT2D eigenvalue weighted by Crippen LogP contribution is 2.33. The molecule has 0 saturated heterocycles. The van der Waals surface area contributed by atoms with Crippen molar-refractivity contribution in [3.63, 3.8) is 0 Å². The third kappa shape index (κ3) is 7.39. The molecule has 21 heavy (non-hydrogen) atoms. The van der Waals surface area contributed by atoms with Crippen molar-refractivity contribution in [3.05, 3.63) is 41.0 Å². The van der Waals surface area contributed by atoms with E-state index in [1.54, 1.807) is 12.1 Å². The van der Waals surface area contributed by atoms with Crippen LogP contribution in [0.4, 0.5) is 0 Å². The Labute approximate surface area is 128 Å². The average molecular weight is 314 g/mol. The highest BCUT2D eigenvalue weighted by Gasteiger charge is 2.10. The summed E-state index contributed by atoms with van der Waals surface area (Å²) in [7, 11) is -0.555. The molecule has 1 rings (SSSR count). The van der Waals surface area contributed by atoms with Gasteiger partial charge in [0.05, 0.1) is 12.7 Å². The molecule has 0 spiro atoms. The van der Waals surface area contributed by atoms with Gasteiger partial charge in [0.15, 0.2) is 6.79 Å². The van der Waals surface area contributed by atoms with E-state index in [1.165, 1.54) is 6.07 Å². The summed E-state index contributed by atoms with van der Waals surface area (Å²) in [5.41, 5.74) is -0.405. The van der Waals surface area contributed by atoms with Crippen molar-refractivity contribution in [1.82, 2.24) is 0 Å². The third-order valence-electron chi connectivity index (χ3n) is 2.92. The van der Waals surface area contributed by atoms with Gasteiger partial charge in [-0.3, -0.25) is 0 Å². The fraction of sp³-hybridized carbons (Fsp3) is 0.562. The summed E-state index contributed by atoms with van der Waals surface area (Å²) in [6.07, 6.45) is 9.28. The molecular weight excluding hydrogens is 288 g/mol. The minimum atomic E-state index is -0.555. The maximum Gasteiger partial charge on any atom is 0.339 e. The number of ether oxygens (including phenoxy) is 2. The average Bonchev–Trinajstić information content (AvgIpc) is 2.36. The molecule has 0 fully saturated rings. The lowest BCUT2D eigenvalue weighted by molar-refractivity contribution is 0.0231. The zero-order chi connectivity index (χ0) is 15.9. The predicted octanol–water partition coefficient (Wildman–Crippen LogP) is 3.37. The highest BCUT2D eigenvalue weighted by molar-refractivity contribution is 8.32. The maximum atomic E-state index is 11.5. The lowest BCUT2D eigenvalue weighted by atomic mass is 10.0. The normalized spacial score (nSPS) is 13.7. The van der Waals surface area contributed by atoms with E-state index in [2.05, 4.69) is 25.3 Å². The molecular formula is C16H26O4S. The molecule has 0 aliphatic carbocycles. The van der Waals surface area contributed by atoms with Crippen molar-refractivity contribution >= 4 is 10.0 Å². The Hall–Kier alpha value is -1.20. The van der Waals surface area contributed by atoms with Crippen molar-refractivity contribution in [2.75, 3.05) is 37.9 Å². The molecule has 1 unspecified atom stereocenters. The van der Waals surface area contributed by atoms with Crippen LogP contribution in [0.15, 0.2) is 34.0 Å². The van der Waals surface area contributed by atoms with E-state index in [1.807, 2.05) is 6.92 Å². The first-order valence-electron chi connectivity index (χ1n) is 6.94. The topological polar surface area (TPSA) is 48.7 Å². The van der Waals surface area contributed by atoms with Crippen molar-refractivity contribution in [2.24, 2.45) is 0 Å². The van der Waals surface area contributed by atoms with Gasteiger partial charge < -0.3 is 13.9 Å². The van der Waals surface area contributed by atoms with Gasteiger partial charge in [0.1, 0.15) is 11.5 Å². The summed E-state index contributed by atoms with van der Waals surface area (Å²) in [5.74, 6) is 2.23. The summed E-state index contributed by atoms with van der Waals surface area (Å²) in [6, 6.07) is 3.08. The smallest absolute Gasteiger partial charge is 0.339 e. The Kier molecular flexibility index (Phi) is 7.05. The number of allylic oxidation sites excluding steroid dienone is 1. The number of hydrogen-bond acceptors (Lipinski definition) is 4. The molecule has 0 aliphatic rings. The molecule has 1 aromatic heterocycles. The summed E-state index contributed by atoms with van der Waals surface area (Å²) < 4.78 is 16.1. The van der Waals surface area contributed by atoms with Gasteiger partial charge in [0.25, 0.3) is 0 Å². The van der Waals surface area contributed by atoms with Crippen molar-refractivity contribution in [1.29, 1.82) is 0 Å². The second-order valence-corrected chi connectivity index (χ2v) is 10.5. The van der Waals surface area contributed by atoms with Crippen LogP contribution in [0.2, 0.25) is 0 Å². The van der Waals surface area contributed by atoms with Gasteiger partial charge in [-0.2, -0.15) is 0 Å². The molecule has 5 heteroatoms. The van der Waals surface area contributed by atoms with Crippen LogP contribution in [0.25, 0.3) is 0 Å².